The topological polar surface area (TPSA) is 93.8 Å². The van der Waals surface area contributed by atoms with Crippen molar-refractivity contribution in [2.45, 2.75) is 38.7 Å². The number of carbonyl (C=O) groups excluding carboxylic acids is 1. The zero-order valence-electron chi connectivity index (χ0n) is 15.7. The van der Waals surface area contributed by atoms with Gasteiger partial charge < -0.3 is 25.6 Å². The molecular weight excluding hydrogens is 403 g/mol. The maximum Gasteiger partial charge on any atom is 0.310 e. The predicted octanol–water partition coefficient (Wildman–Crippen LogP) is 3.89. The van der Waals surface area contributed by atoms with E-state index in [1.54, 1.807) is 38.1 Å². The molecule has 0 aliphatic rings. The van der Waals surface area contributed by atoms with Gasteiger partial charge in [0, 0.05) is 12.3 Å². The summed E-state index contributed by atoms with van der Waals surface area (Å²) in [6.07, 6.45) is -1.91. The van der Waals surface area contributed by atoms with Gasteiger partial charge in [-0.25, -0.2) is 0 Å². The van der Waals surface area contributed by atoms with Crippen molar-refractivity contribution >= 4 is 40.5 Å². The van der Waals surface area contributed by atoms with Crippen LogP contribution in [0.3, 0.4) is 0 Å². The molecule has 0 amide bonds. The molecule has 2 aromatic rings. The van der Waals surface area contributed by atoms with Crippen LogP contribution in [0.2, 0.25) is 10.0 Å². The fourth-order valence-corrected chi connectivity index (χ4v) is 3.04. The molecule has 152 valence electrons. The highest BCUT2D eigenvalue weighted by Crippen LogP contribution is 2.33. The third kappa shape index (κ3) is 6.09. The van der Waals surface area contributed by atoms with Crippen LogP contribution < -0.4 is 11.1 Å². The lowest BCUT2D eigenvalue weighted by Gasteiger charge is -2.24. The Morgan fingerprint density at radius 3 is 2.46 bits per heavy atom. The summed E-state index contributed by atoms with van der Waals surface area (Å²) in [5.74, 6) is -0.480. The lowest BCUT2D eigenvalue weighted by molar-refractivity contribution is -0.160. The largest absolute Gasteiger partial charge is 0.461 e. The molecule has 0 radical (unpaired) electrons. The van der Waals surface area contributed by atoms with E-state index in [4.69, 9.17) is 38.4 Å². The van der Waals surface area contributed by atoms with Gasteiger partial charge in [0.05, 0.1) is 28.2 Å². The molecule has 2 aromatic carbocycles. The number of aliphatic hydroxyl groups excluding tert-OH is 1. The molecule has 0 aliphatic carbocycles. The molecule has 0 fully saturated rings. The van der Waals surface area contributed by atoms with E-state index in [9.17, 15) is 9.90 Å². The highest BCUT2D eigenvalue weighted by Gasteiger charge is 2.25. The van der Waals surface area contributed by atoms with Crippen LogP contribution in [-0.2, 0) is 20.7 Å². The Labute approximate surface area is 174 Å². The lowest BCUT2D eigenvalue weighted by Crippen LogP contribution is -2.46. The molecule has 0 bridgehead atoms. The number of hydrogen-bond acceptors (Lipinski definition) is 6. The van der Waals surface area contributed by atoms with Crippen LogP contribution in [0.25, 0.3) is 0 Å². The van der Waals surface area contributed by atoms with Gasteiger partial charge in [0.15, 0.2) is 6.29 Å². The maximum atomic E-state index is 12.4. The van der Waals surface area contributed by atoms with Crippen molar-refractivity contribution in [3.8, 4) is 0 Å². The number of hydrogen-bond donors (Lipinski definition) is 3. The summed E-state index contributed by atoms with van der Waals surface area (Å²) in [6, 6.07) is 11.6. The Kier molecular flexibility index (Phi) is 8.54. The number of benzene rings is 2. The normalized spacial score (nSPS) is 14.2. The van der Waals surface area contributed by atoms with E-state index in [2.05, 4.69) is 5.32 Å². The minimum absolute atomic E-state index is 0.00698. The summed E-state index contributed by atoms with van der Waals surface area (Å²) in [4.78, 5) is 12.4. The first-order valence-electron chi connectivity index (χ1n) is 8.87. The summed E-state index contributed by atoms with van der Waals surface area (Å²) in [5, 5.41) is 13.9. The van der Waals surface area contributed by atoms with Gasteiger partial charge in [0.1, 0.15) is 6.10 Å². The molecule has 4 N–H and O–H groups in total. The van der Waals surface area contributed by atoms with Gasteiger partial charge in [-0.05, 0) is 37.6 Å². The molecule has 3 atom stereocenters. The number of aliphatic hydroxyl groups is 1. The van der Waals surface area contributed by atoms with Crippen molar-refractivity contribution < 1.29 is 19.4 Å². The molecule has 0 aliphatic heterocycles. The molecule has 0 heterocycles. The van der Waals surface area contributed by atoms with Gasteiger partial charge in [-0.2, -0.15) is 0 Å². The van der Waals surface area contributed by atoms with E-state index >= 15 is 0 Å². The molecule has 6 nitrogen and oxygen atoms in total. The van der Waals surface area contributed by atoms with E-state index in [-0.39, 0.29) is 6.42 Å². The van der Waals surface area contributed by atoms with Gasteiger partial charge >= 0.3 is 5.97 Å². The summed E-state index contributed by atoms with van der Waals surface area (Å²) in [7, 11) is 0. The van der Waals surface area contributed by atoms with Crippen molar-refractivity contribution in [1.82, 2.24) is 0 Å². The van der Waals surface area contributed by atoms with Gasteiger partial charge in [-0.3, -0.25) is 4.79 Å². The van der Waals surface area contributed by atoms with Crippen LogP contribution in [0.15, 0.2) is 42.5 Å². The van der Waals surface area contributed by atoms with Crippen LogP contribution in [0.1, 0.15) is 19.4 Å². The first-order valence-corrected chi connectivity index (χ1v) is 9.62. The molecular formula is C20H24Cl2N2O4. The van der Waals surface area contributed by atoms with E-state index in [0.717, 1.165) is 0 Å². The molecule has 0 saturated heterocycles. The molecule has 28 heavy (non-hydrogen) atoms. The number of anilines is 2. The number of halogens is 2. The summed E-state index contributed by atoms with van der Waals surface area (Å²) < 4.78 is 10.4. The quantitative estimate of drug-likeness (QED) is 0.415. The van der Waals surface area contributed by atoms with E-state index in [1.165, 1.54) is 0 Å². The third-order valence-corrected chi connectivity index (χ3v) is 4.73. The molecule has 0 aromatic heterocycles. The van der Waals surface area contributed by atoms with Crippen molar-refractivity contribution in [2.75, 3.05) is 11.9 Å². The maximum absolute atomic E-state index is 12.4. The van der Waals surface area contributed by atoms with E-state index < -0.39 is 24.4 Å². The number of rotatable bonds is 9. The number of esters is 1. The molecule has 3 unspecified atom stereocenters. The average molecular weight is 427 g/mol. The Morgan fingerprint density at radius 2 is 1.82 bits per heavy atom. The fraction of sp³-hybridized carbons (Fsp3) is 0.350. The SMILES string of the molecule is CCOC(O)C(N)C(C)OC(=O)Cc1ccccc1Nc1c(Cl)cccc1Cl. The van der Waals surface area contributed by atoms with Crippen LogP contribution >= 0.6 is 23.2 Å². The lowest BCUT2D eigenvalue weighted by atomic mass is 10.1. The van der Waals surface area contributed by atoms with Crippen molar-refractivity contribution in [2.24, 2.45) is 5.73 Å². The Hall–Kier alpha value is -1.83. The van der Waals surface area contributed by atoms with Crippen LogP contribution in [0.4, 0.5) is 11.4 Å². The smallest absolute Gasteiger partial charge is 0.310 e. The summed E-state index contributed by atoms with van der Waals surface area (Å²) >= 11 is 12.4. The highest BCUT2D eigenvalue weighted by atomic mass is 35.5. The van der Waals surface area contributed by atoms with Crippen molar-refractivity contribution in [3.63, 3.8) is 0 Å². The zero-order chi connectivity index (χ0) is 20.7. The van der Waals surface area contributed by atoms with Crippen LogP contribution in [0, 0.1) is 0 Å². The summed E-state index contributed by atoms with van der Waals surface area (Å²) in [6.45, 7) is 3.65. The van der Waals surface area contributed by atoms with Gasteiger partial charge in [-0.15, -0.1) is 0 Å². The minimum atomic E-state index is -1.20. The second-order valence-electron chi connectivity index (χ2n) is 6.17. The van der Waals surface area contributed by atoms with Gasteiger partial charge in [0.2, 0.25) is 0 Å². The molecule has 8 heteroatoms. The van der Waals surface area contributed by atoms with E-state index in [1.807, 2.05) is 18.2 Å². The second kappa shape index (κ2) is 10.6. The zero-order valence-corrected chi connectivity index (χ0v) is 17.2. The Balaban J connectivity index is 2.07. The number of para-hydroxylation sites is 2. The summed E-state index contributed by atoms with van der Waals surface area (Å²) in [5.41, 5.74) is 7.80. The standard InChI is InChI=1S/C20H24Cl2N2O4/c1-3-27-20(26)18(23)12(2)28-17(25)11-13-7-4-5-10-16(13)24-19-14(21)8-6-9-15(19)22/h4-10,12,18,20,24,26H,3,11,23H2,1-2H3. The molecule has 0 saturated carbocycles. The number of nitrogens with one attached hydrogen (secondary N) is 1. The monoisotopic (exact) mass is 426 g/mol. The molecule has 0 spiro atoms. The van der Waals surface area contributed by atoms with Crippen LogP contribution in [0.5, 0.6) is 0 Å². The third-order valence-electron chi connectivity index (χ3n) is 4.10. The predicted molar refractivity (Wildman–Crippen MR) is 111 cm³/mol. The van der Waals surface area contributed by atoms with Gasteiger partial charge in [0.25, 0.3) is 0 Å². The fourth-order valence-electron chi connectivity index (χ4n) is 2.55. The van der Waals surface area contributed by atoms with Gasteiger partial charge in [-0.1, -0.05) is 47.5 Å². The van der Waals surface area contributed by atoms with Crippen molar-refractivity contribution in [1.29, 1.82) is 0 Å². The number of nitrogens with two attached hydrogens (primary N) is 1. The highest BCUT2D eigenvalue weighted by molar-refractivity contribution is 6.39. The first kappa shape index (κ1) is 22.5. The Morgan fingerprint density at radius 1 is 1.18 bits per heavy atom. The minimum Gasteiger partial charge on any atom is -0.461 e. The number of carbonyl (C=O) groups is 1. The van der Waals surface area contributed by atoms with E-state index in [0.29, 0.717) is 33.6 Å². The second-order valence-corrected chi connectivity index (χ2v) is 6.99. The average Bonchev–Trinajstić information content (AvgIpc) is 2.65. The molecule has 2 rings (SSSR count). The van der Waals surface area contributed by atoms with Crippen molar-refractivity contribution in [3.05, 3.63) is 58.1 Å². The number of ether oxygens (including phenoxy) is 2. The van der Waals surface area contributed by atoms with Crippen LogP contribution in [-0.4, -0.2) is 36.1 Å². The Bertz CT molecular complexity index is 783. The first-order chi connectivity index (χ1) is 13.3.